The lowest BCUT2D eigenvalue weighted by molar-refractivity contribution is -0.138. The van der Waals surface area contributed by atoms with Gasteiger partial charge in [0.2, 0.25) is 0 Å². The number of alkyl halides is 3. The van der Waals surface area contributed by atoms with E-state index in [9.17, 15) is 18.0 Å². The number of carbonyl (C=O) groups is 1. The van der Waals surface area contributed by atoms with Crippen molar-refractivity contribution in [3.8, 4) is 11.3 Å². The zero-order valence-electron chi connectivity index (χ0n) is 15.9. The number of pyridine rings is 1. The summed E-state index contributed by atoms with van der Waals surface area (Å²) in [5, 5.41) is 6.99. The Hall–Kier alpha value is -2.91. The molecule has 3 aromatic rings. The van der Waals surface area contributed by atoms with E-state index in [0.29, 0.717) is 10.6 Å². The SMILES string of the molecule is Cn1nccc1-c1cnc(C(=O)N[C@H](CN)Cc2ccccc2C(F)(F)F)cc1Cl. The van der Waals surface area contributed by atoms with E-state index in [1.54, 1.807) is 24.0 Å². The molecule has 6 nitrogen and oxygen atoms in total. The van der Waals surface area contributed by atoms with Crippen LogP contribution in [-0.2, 0) is 19.6 Å². The molecule has 3 rings (SSSR count). The quantitative estimate of drug-likeness (QED) is 0.618. The van der Waals surface area contributed by atoms with E-state index < -0.39 is 23.7 Å². The molecule has 1 amide bonds. The zero-order valence-corrected chi connectivity index (χ0v) is 16.7. The second-order valence-electron chi connectivity index (χ2n) is 6.65. The number of aromatic nitrogens is 3. The highest BCUT2D eigenvalue weighted by atomic mass is 35.5. The minimum Gasteiger partial charge on any atom is -0.346 e. The van der Waals surface area contributed by atoms with E-state index in [1.165, 1.54) is 30.5 Å². The summed E-state index contributed by atoms with van der Waals surface area (Å²) < 4.78 is 41.2. The molecule has 0 aliphatic carbocycles. The Kier molecular flexibility index (Phi) is 6.42. The second-order valence-corrected chi connectivity index (χ2v) is 7.06. The first kappa shape index (κ1) is 21.8. The number of rotatable bonds is 6. The number of halogens is 4. The van der Waals surface area contributed by atoms with E-state index in [0.717, 1.165) is 11.8 Å². The fourth-order valence-electron chi connectivity index (χ4n) is 3.07. The van der Waals surface area contributed by atoms with Crippen LogP contribution in [0.5, 0.6) is 0 Å². The molecule has 0 saturated heterocycles. The molecule has 1 atom stereocenters. The summed E-state index contributed by atoms with van der Waals surface area (Å²) in [6.45, 7) is -0.0429. The Labute approximate surface area is 175 Å². The highest BCUT2D eigenvalue weighted by molar-refractivity contribution is 6.33. The van der Waals surface area contributed by atoms with Crippen LogP contribution in [-0.4, -0.2) is 33.3 Å². The Balaban J connectivity index is 1.77. The summed E-state index contributed by atoms with van der Waals surface area (Å²) in [6.07, 6.45) is -1.50. The minimum absolute atomic E-state index is 0.0356. The van der Waals surface area contributed by atoms with Crippen LogP contribution >= 0.6 is 11.6 Å². The molecule has 3 N–H and O–H groups in total. The van der Waals surface area contributed by atoms with Gasteiger partial charge in [-0.3, -0.25) is 14.5 Å². The molecular weight excluding hydrogens is 419 g/mol. The van der Waals surface area contributed by atoms with Crippen molar-refractivity contribution in [3.05, 3.63) is 70.6 Å². The van der Waals surface area contributed by atoms with Crippen molar-refractivity contribution in [1.29, 1.82) is 0 Å². The van der Waals surface area contributed by atoms with E-state index in [4.69, 9.17) is 17.3 Å². The predicted molar refractivity (Wildman–Crippen MR) is 107 cm³/mol. The third-order valence-corrected chi connectivity index (χ3v) is 4.90. The average Bonchev–Trinajstić information content (AvgIpc) is 3.12. The smallest absolute Gasteiger partial charge is 0.346 e. The van der Waals surface area contributed by atoms with Gasteiger partial charge in [-0.25, -0.2) is 0 Å². The fourth-order valence-corrected chi connectivity index (χ4v) is 3.32. The van der Waals surface area contributed by atoms with Gasteiger partial charge in [-0.15, -0.1) is 0 Å². The summed E-state index contributed by atoms with van der Waals surface area (Å²) >= 11 is 6.30. The van der Waals surface area contributed by atoms with Crippen LogP contribution < -0.4 is 11.1 Å². The molecule has 2 aromatic heterocycles. The zero-order chi connectivity index (χ0) is 21.9. The fraction of sp³-hybridized carbons (Fsp3) is 0.250. The summed E-state index contributed by atoms with van der Waals surface area (Å²) in [5.74, 6) is -0.576. The molecule has 0 unspecified atom stereocenters. The number of aryl methyl sites for hydroxylation is 1. The molecule has 10 heteroatoms. The van der Waals surface area contributed by atoms with Gasteiger partial charge in [0.05, 0.1) is 16.3 Å². The molecular formula is C20H19ClF3N5O. The Bertz CT molecular complexity index is 1050. The van der Waals surface area contributed by atoms with E-state index in [1.807, 2.05) is 0 Å². The normalized spacial score (nSPS) is 12.6. The van der Waals surface area contributed by atoms with Gasteiger partial charge < -0.3 is 11.1 Å². The lowest BCUT2D eigenvalue weighted by atomic mass is 9.99. The van der Waals surface area contributed by atoms with Gasteiger partial charge in [-0.05, 0) is 30.2 Å². The predicted octanol–water partition coefficient (Wildman–Crippen LogP) is 3.45. The number of amides is 1. The first-order valence-electron chi connectivity index (χ1n) is 9.00. The highest BCUT2D eigenvalue weighted by Gasteiger charge is 2.33. The number of nitrogens with two attached hydrogens (primary N) is 1. The van der Waals surface area contributed by atoms with Crippen molar-refractivity contribution in [2.75, 3.05) is 6.54 Å². The van der Waals surface area contributed by atoms with Gasteiger partial charge in [0.15, 0.2) is 0 Å². The molecule has 0 radical (unpaired) electrons. The van der Waals surface area contributed by atoms with Gasteiger partial charge >= 0.3 is 6.18 Å². The second kappa shape index (κ2) is 8.85. The number of hydrogen-bond donors (Lipinski definition) is 2. The maximum atomic E-state index is 13.2. The van der Waals surface area contributed by atoms with Crippen LogP contribution in [0.2, 0.25) is 5.02 Å². The third-order valence-electron chi connectivity index (χ3n) is 4.59. The van der Waals surface area contributed by atoms with Crippen LogP contribution in [0.25, 0.3) is 11.3 Å². The first-order chi connectivity index (χ1) is 14.2. The highest BCUT2D eigenvalue weighted by Crippen LogP contribution is 2.32. The summed E-state index contributed by atoms with van der Waals surface area (Å²) in [4.78, 5) is 16.7. The topological polar surface area (TPSA) is 85.8 Å². The van der Waals surface area contributed by atoms with Crippen molar-refractivity contribution in [2.24, 2.45) is 12.8 Å². The standard InChI is InChI=1S/C20H19ClF3N5O/c1-29-18(6-7-27-29)14-11-26-17(9-16(14)21)19(30)28-13(10-25)8-12-4-2-3-5-15(12)20(22,23)24/h2-7,9,11,13H,8,10,25H2,1H3,(H,28,30)/t13-/m0/s1. The number of nitrogens with one attached hydrogen (secondary N) is 1. The van der Waals surface area contributed by atoms with Crippen molar-refractivity contribution in [3.63, 3.8) is 0 Å². The molecule has 0 saturated carbocycles. The van der Waals surface area contributed by atoms with Gasteiger partial charge in [0.25, 0.3) is 5.91 Å². The monoisotopic (exact) mass is 437 g/mol. The number of carbonyl (C=O) groups excluding carboxylic acids is 1. The molecule has 30 heavy (non-hydrogen) atoms. The van der Waals surface area contributed by atoms with Gasteiger partial charge in [-0.1, -0.05) is 29.8 Å². The molecule has 0 fully saturated rings. The van der Waals surface area contributed by atoms with Crippen molar-refractivity contribution >= 4 is 17.5 Å². The maximum absolute atomic E-state index is 13.2. The summed E-state index contributed by atoms with van der Waals surface area (Å²) in [5.41, 5.74) is 6.35. The molecule has 0 bridgehead atoms. The summed E-state index contributed by atoms with van der Waals surface area (Å²) in [6, 6.07) is 7.65. The van der Waals surface area contributed by atoms with Gasteiger partial charge in [-0.2, -0.15) is 18.3 Å². The van der Waals surface area contributed by atoms with Crippen molar-refractivity contribution in [1.82, 2.24) is 20.1 Å². The Morgan fingerprint density at radius 2 is 2.03 bits per heavy atom. The molecule has 1 aromatic carbocycles. The largest absolute Gasteiger partial charge is 0.416 e. The first-order valence-corrected chi connectivity index (χ1v) is 9.38. The summed E-state index contributed by atoms with van der Waals surface area (Å²) in [7, 11) is 1.75. The van der Waals surface area contributed by atoms with Crippen molar-refractivity contribution < 1.29 is 18.0 Å². The van der Waals surface area contributed by atoms with Crippen LogP contribution in [0.4, 0.5) is 13.2 Å². The van der Waals surface area contributed by atoms with Crippen LogP contribution in [0.3, 0.4) is 0 Å². The van der Waals surface area contributed by atoms with Gasteiger partial charge in [0, 0.05) is 37.6 Å². The maximum Gasteiger partial charge on any atom is 0.416 e. The van der Waals surface area contributed by atoms with E-state index in [2.05, 4.69) is 15.4 Å². The molecule has 0 aliphatic heterocycles. The third kappa shape index (κ3) is 4.80. The van der Waals surface area contributed by atoms with Crippen LogP contribution in [0, 0.1) is 0 Å². The van der Waals surface area contributed by atoms with Gasteiger partial charge in [0.1, 0.15) is 5.69 Å². The number of benzene rings is 1. The molecule has 0 spiro atoms. The number of hydrogen-bond acceptors (Lipinski definition) is 4. The Morgan fingerprint density at radius 1 is 1.30 bits per heavy atom. The minimum atomic E-state index is -4.49. The van der Waals surface area contributed by atoms with E-state index >= 15 is 0 Å². The molecule has 158 valence electrons. The lowest BCUT2D eigenvalue weighted by Crippen LogP contribution is -2.42. The number of nitrogens with zero attached hydrogens (tertiary/aromatic N) is 3. The lowest BCUT2D eigenvalue weighted by Gasteiger charge is -2.19. The molecule has 0 aliphatic rings. The van der Waals surface area contributed by atoms with Crippen molar-refractivity contribution in [2.45, 2.75) is 18.6 Å². The Morgan fingerprint density at radius 3 is 2.63 bits per heavy atom. The van der Waals surface area contributed by atoms with E-state index in [-0.39, 0.29) is 24.2 Å². The van der Waals surface area contributed by atoms with Crippen LogP contribution in [0.1, 0.15) is 21.6 Å². The van der Waals surface area contributed by atoms with Crippen LogP contribution in [0.15, 0.2) is 48.8 Å². The molecule has 2 heterocycles. The average molecular weight is 438 g/mol.